The second-order valence-corrected chi connectivity index (χ2v) is 7.93. The van der Waals surface area contributed by atoms with Crippen molar-refractivity contribution in [2.45, 2.75) is 25.8 Å². The van der Waals surface area contributed by atoms with Gasteiger partial charge >= 0.3 is 5.97 Å². The molecule has 6 nitrogen and oxygen atoms in total. The standard InChI is InChI=1S/C24H20Cl2N2O4/c1-2-12-27-20-21(23(30)22(20)29)28-19(24(31)32)13-15-8-6-14(7-9-15)10-11-16-17(25)4-3-5-18(16)26/h3-9,19,27-28H,2,12-13H2,1H3,(H,31,32). The van der Waals surface area contributed by atoms with Crippen LogP contribution in [0.3, 0.4) is 0 Å². The maximum atomic E-state index is 11.9. The molecule has 1 unspecified atom stereocenters. The van der Waals surface area contributed by atoms with E-state index in [0.29, 0.717) is 27.7 Å². The van der Waals surface area contributed by atoms with Gasteiger partial charge in [0.15, 0.2) is 0 Å². The fraction of sp³-hybridized carbons (Fsp3) is 0.208. The molecule has 164 valence electrons. The number of carboxylic acid groups (broad SMARTS) is 1. The lowest BCUT2D eigenvalue weighted by molar-refractivity contribution is -0.137. The topological polar surface area (TPSA) is 95.5 Å². The maximum absolute atomic E-state index is 11.9. The van der Waals surface area contributed by atoms with Crippen LogP contribution in [-0.4, -0.2) is 23.7 Å². The highest BCUT2D eigenvalue weighted by Crippen LogP contribution is 2.23. The predicted octanol–water partition coefficient (Wildman–Crippen LogP) is 3.92. The fourth-order valence-corrected chi connectivity index (χ4v) is 3.53. The molecule has 0 aliphatic carbocycles. The predicted molar refractivity (Wildman–Crippen MR) is 128 cm³/mol. The molecule has 1 atom stereocenters. The van der Waals surface area contributed by atoms with Crippen LogP contribution in [0.25, 0.3) is 0 Å². The van der Waals surface area contributed by atoms with Gasteiger partial charge in [-0.25, -0.2) is 4.79 Å². The molecule has 3 rings (SSSR count). The molecule has 0 bridgehead atoms. The number of rotatable bonds is 8. The Morgan fingerprint density at radius 1 is 1.00 bits per heavy atom. The number of carboxylic acids is 1. The molecule has 0 heterocycles. The highest BCUT2D eigenvalue weighted by molar-refractivity contribution is 6.36. The summed E-state index contributed by atoms with van der Waals surface area (Å²) in [6.07, 6.45) is 0.879. The van der Waals surface area contributed by atoms with Crippen molar-refractivity contribution in [3.05, 3.63) is 89.6 Å². The summed E-state index contributed by atoms with van der Waals surface area (Å²) >= 11 is 12.2. The molecule has 32 heavy (non-hydrogen) atoms. The van der Waals surface area contributed by atoms with Gasteiger partial charge in [0.05, 0.1) is 15.6 Å². The van der Waals surface area contributed by atoms with Crippen molar-refractivity contribution in [2.24, 2.45) is 0 Å². The lowest BCUT2D eigenvalue weighted by Crippen LogP contribution is -2.42. The van der Waals surface area contributed by atoms with Crippen LogP contribution in [0.2, 0.25) is 10.0 Å². The molecule has 0 spiro atoms. The molecular weight excluding hydrogens is 451 g/mol. The van der Waals surface area contributed by atoms with Gasteiger partial charge in [-0.05, 0) is 36.2 Å². The molecular formula is C24H20Cl2N2O4. The summed E-state index contributed by atoms with van der Waals surface area (Å²) in [4.78, 5) is 35.4. The Morgan fingerprint density at radius 3 is 2.22 bits per heavy atom. The van der Waals surface area contributed by atoms with Crippen LogP contribution in [-0.2, 0) is 11.2 Å². The highest BCUT2D eigenvalue weighted by atomic mass is 35.5. The minimum Gasteiger partial charge on any atom is -0.480 e. The summed E-state index contributed by atoms with van der Waals surface area (Å²) in [5, 5.41) is 16.1. The zero-order valence-electron chi connectivity index (χ0n) is 17.2. The van der Waals surface area contributed by atoms with E-state index in [-0.39, 0.29) is 17.8 Å². The first-order valence-electron chi connectivity index (χ1n) is 9.93. The quantitative estimate of drug-likeness (QED) is 0.341. The van der Waals surface area contributed by atoms with Gasteiger partial charge in [-0.15, -0.1) is 0 Å². The Labute approximate surface area is 194 Å². The third kappa shape index (κ3) is 5.31. The van der Waals surface area contributed by atoms with E-state index in [2.05, 4.69) is 22.5 Å². The number of halogens is 2. The summed E-state index contributed by atoms with van der Waals surface area (Å²) in [7, 11) is 0. The van der Waals surface area contributed by atoms with Crippen LogP contribution in [0.5, 0.6) is 0 Å². The first-order valence-corrected chi connectivity index (χ1v) is 10.7. The molecule has 0 aliphatic heterocycles. The smallest absolute Gasteiger partial charge is 0.326 e. The van der Waals surface area contributed by atoms with Crippen LogP contribution >= 0.6 is 23.2 Å². The van der Waals surface area contributed by atoms with Gasteiger partial charge in [0.25, 0.3) is 10.9 Å². The zero-order valence-corrected chi connectivity index (χ0v) is 18.7. The number of benzene rings is 2. The number of hydrogen-bond donors (Lipinski definition) is 3. The van der Waals surface area contributed by atoms with Crippen LogP contribution < -0.4 is 21.5 Å². The summed E-state index contributed by atoms with van der Waals surface area (Å²) in [5.41, 5.74) is 0.800. The average Bonchev–Trinajstić information content (AvgIpc) is 2.77. The van der Waals surface area contributed by atoms with Gasteiger partial charge in [-0.3, -0.25) is 9.59 Å². The van der Waals surface area contributed by atoms with Crippen molar-refractivity contribution in [1.82, 2.24) is 0 Å². The third-order valence-electron chi connectivity index (χ3n) is 4.77. The minimum atomic E-state index is -1.13. The molecule has 0 aliphatic rings. The molecule has 3 N–H and O–H groups in total. The van der Waals surface area contributed by atoms with Crippen molar-refractivity contribution in [1.29, 1.82) is 0 Å². The van der Waals surface area contributed by atoms with Crippen molar-refractivity contribution in [3.63, 3.8) is 0 Å². The highest BCUT2D eigenvalue weighted by Gasteiger charge is 2.26. The fourth-order valence-electron chi connectivity index (χ4n) is 3.03. The molecule has 0 saturated heterocycles. The summed E-state index contributed by atoms with van der Waals surface area (Å²) < 4.78 is 0. The monoisotopic (exact) mass is 470 g/mol. The van der Waals surface area contributed by atoms with E-state index in [1.807, 2.05) is 6.92 Å². The molecule has 8 heteroatoms. The largest absolute Gasteiger partial charge is 0.480 e. The SMILES string of the molecule is CCCNc1c(NC(Cc2ccc(C#Cc3c(Cl)cccc3Cl)cc2)C(=O)O)c(=O)c1=O. The van der Waals surface area contributed by atoms with E-state index in [1.54, 1.807) is 42.5 Å². The van der Waals surface area contributed by atoms with E-state index in [4.69, 9.17) is 23.2 Å². The van der Waals surface area contributed by atoms with Gasteiger partial charge in [-0.2, -0.15) is 0 Å². The Balaban J connectivity index is 1.73. The van der Waals surface area contributed by atoms with E-state index in [1.165, 1.54) is 0 Å². The summed E-state index contributed by atoms with van der Waals surface area (Å²) in [5.74, 6) is 4.80. The van der Waals surface area contributed by atoms with Crippen LogP contribution in [0, 0.1) is 11.8 Å². The van der Waals surface area contributed by atoms with E-state index in [9.17, 15) is 19.5 Å². The number of anilines is 2. The molecule has 0 amide bonds. The first-order chi connectivity index (χ1) is 15.3. The van der Waals surface area contributed by atoms with Gasteiger partial charge in [-0.1, -0.05) is 60.2 Å². The van der Waals surface area contributed by atoms with Gasteiger partial charge < -0.3 is 15.7 Å². The third-order valence-corrected chi connectivity index (χ3v) is 5.40. The Bertz CT molecular complexity index is 1250. The zero-order chi connectivity index (χ0) is 23.3. The lowest BCUT2D eigenvalue weighted by Gasteiger charge is -2.19. The van der Waals surface area contributed by atoms with Gasteiger partial charge in [0, 0.05) is 18.5 Å². The molecule has 0 fully saturated rings. The average molecular weight is 471 g/mol. The van der Waals surface area contributed by atoms with Crippen molar-refractivity contribution < 1.29 is 9.90 Å². The Hall–Kier alpha value is -3.27. The maximum Gasteiger partial charge on any atom is 0.326 e. The van der Waals surface area contributed by atoms with Crippen LogP contribution in [0.15, 0.2) is 52.1 Å². The number of hydrogen-bond acceptors (Lipinski definition) is 5. The first kappa shape index (κ1) is 23.4. The minimum absolute atomic E-state index is 0.0231. The second kappa shape index (κ2) is 10.4. The van der Waals surface area contributed by atoms with Gasteiger partial charge in [0.2, 0.25) is 0 Å². The summed E-state index contributed by atoms with van der Waals surface area (Å²) in [6.45, 7) is 2.43. The Kier molecular flexibility index (Phi) is 7.57. The van der Waals surface area contributed by atoms with E-state index in [0.717, 1.165) is 12.0 Å². The normalized spacial score (nSPS) is 11.5. The van der Waals surface area contributed by atoms with Crippen molar-refractivity contribution in [2.75, 3.05) is 17.2 Å². The molecule has 3 aromatic carbocycles. The Morgan fingerprint density at radius 2 is 1.62 bits per heavy atom. The van der Waals surface area contributed by atoms with Crippen molar-refractivity contribution in [3.8, 4) is 11.8 Å². The molecule has 0 saturated carbocycles. The molecule has 0 aromatic heterocycles. The number of nitrogens with one attached hydrogen (secondary N) is 2. The van der Waals surface area contributed by atoms with Crippen LogP contribution in [0.1, 0.15) is 30.0 Å². The van der Waals surface area contributed by atoms with Crippen LogP contribution in [0.4, 0.5) is 11.4 Å². The number of aliphatic carboxylic acids is 1. The van der Waals surface area contributed by atoms with E-state index < -0.39 is 22.9 Å². The lowest BCUT2D eigenvalue weighted by atomic mass is 10.0. The second-order valence-electron chi connectivity index (χ2n) is 7.12. The van der Waals surface area contributed by atoms with E-state index >= 15 is 0 Å². The summed E-state index contributed by atoms with van der Waals surface area (Å²) in [6, 6.07) is 11.1. The molecule has 3 aromatic rings. The van der Waals surface area contributed by atoms with Crippen molar-refractivity contribution >= 4 is 40.5 Å². The van der Waals surface area contributed by atoms with Gasteiger partial charge in [0.1, 0.15) is 17.4 Å². The molecule has 0 radical (unpaired) electrons. The number of carbonyl (C=O) groups is 1.